The number of nitrogens with one attached hydrogen (secondary N) is 1. The lowest BCUT2D eigenvalue weighted by Gasteiger charge is -2.35. The third-order valence-electron chi connectivity index (χ3n) is 4.50. The highest BCUT2D eigenvalue weighted by Gasteiger charge is 2.45. The van der Waals surface area contributed by atoms with Crippen LogP contribution in [0.25, 0.3) is 0 Å². The zero-order valence-corrected chi connectivity index (χ0v) is 13.3. The van der Waals surface area contributed by atoms with E-state index in [9.17, 15) is 4.79 Å². The van der Waals surface area contributed by atoms with Crippen LogP contribution in [0.1, 0.15) is 20.3 Å². The molecule has 2 rings (SSSR count). The Kier molecular flexibility index (Phi) is 5.23. The minimum absolute atomic E-state index is 0.235. The van der Waals surface area contributed by atoms with Gasteiger partial charge in [-0.2, -0.15) is 0 Å². The molecule has 1 atom stereocenters. The quantitative estimate of drug-likeness (QED) is 0.873. The molecular formula is C17H26N2O2. The Labute approximate surface area is 127 Å². The van der Waals surface area contributed by atoms with Crippen molar-refractivity contribution in [2.45, 2.75) is 20.3 Å². The van der Waals surface area contributed by atoms with Crippen LogP contribution in [0, 0.1) is 11.3 Å². The first kappa shape index (κ1) is 15.8. The highest BCUT2D eigenvalue weighted by atomic mass is 16.5. The number of carbonyl (C=O) groups is 1. The zero-order chi connectivity index (χ0) is 15.3. The van der Waals surface area contributed by atoms with Crippen LogP contribution in [0.2, 0.25) is 0 Å². The largest absolute Gasteiger partial charge is 0.492 e. The molecule has 1 unspecified atom stereocenters. The standard InChI is InChI=1S/C17H26N2O2/c1-14(2)17(9-10-18-13-17)16(20)19(3)11-12-21-15-7-5-4-6-8-15/h4-8,14,18H,9-13H2,1-3H3. The maximum absolute atomic E-state index is 12.8. The van der Waals surface area contributed by atoms with Crippen LogP contribution in [0.5, 0.6) is 5.75 Å². The van der Waals surface area contributed by atoms with Crippen LogP contribution in [0.15, 0.2) is 30.3 Å². The Morgan fingerprint density at radius 2 is 2.10 bits per heavy atom. The molecule has 1 fully saturated rings. The van der Waals surface area contributed by atoms with Crippen molar-refractivity contribution in [3.8, 4) is 5.75 Å². The number of hydrogen-bond donors (Lipinski definition) is 1. The maximum atomic E-state index is 12.8. The van der Waals surface area contributed by atoms with E-state index in [2.05, 4.69) is 19.2 Å². The van der Waals surface area contributed by atoms with E-state index >= 15 is 0 Å². The summed E-state index contributed by atoms with van der Waals surface area (Å²) >= 11 is 0. The molecule has 0 spiro atoms. The summed E-state index contributed by atoms with van der Waals surface area (Å²) in [5.74, 6) is 1.43. The molecule has 0 aliphatic carbocycles. The summed E-state index contributed by atoms with van der Waals surface area (Å²) in [7, 11) is 1.87. The molecule has 1 aromatic rings. The number of ether oxygens (including phenoxy) is 1. The fourth-order valence-corrected chi connectivity index (χ4v) is 2.93. The van der Waals surface area contributed by atoms with E-state index in [4.69, 9.17) is 4.74 Å². The van der Waals surface area contributed by atoms with Gasteiger partial charge in [-0.25, -0.2) is 0 Å². The van der Waals surface area contributed by atoms with Gasteiger partial charge in [0.05, 0.1) is 12.0 Å². The first-order chi connectivity index (χ1) is 10.1. The molecule has 1 N–H and O–H groups in total. The fraction of sp³-hybridized carbons (Fsp3) is 0.588. The molecule has 1 heterocycles. The van der Waals surface area contributed by atoms with Crippen molar-refractivity contribution >= 4 is 5.91 Å². The molecule has 1 aliphatic heterocycles. The number of para-hydroxylation sites is 1. The minimum Gasteiger partial charge on any atom is -0.492 e. The second-order valence-electron chi connectivity index (χ2n) is 6.13. The van der Waals surface area contributed by atoms with E-state index in [0.717, 1.165) is 25.3 Å². The maximum Gasteiger partial charge on any atom is 0.230 e. The molecule has 0 saturated carbocycles. The van der Waals surface area contributed by atoms with Crippen molar-refractivity contribution < 1.29 is 9.53 Å². The molecule has 21 heavy (non-hydrogen) atoms. The Hall–Kier alpha value is -1.55. The van der Waals surface area contributed by atoms with Crippen molar-refractivity contribution in [1.29, 1.82) is 0 Å². The Balaban J connectivity index is 1.87. The second-order valence-corrected chi connectivity index (χ2v) is 6.13. The van der Waals surface area contributed by atoms with E-state index in [1.165, 1.54) is 0 Å². The van der Waals surface area contributed by atoms with E-state index in [1.54, 1.807) is 0 Å². The average molecular weight is 290 g/mol. The first-order valence-electron chi connectivity index (χ1n) is 7.70. The SMILES string of the molecule is CC(C)C1(C(=O)N(C)CCOc2ccccc2)CCNC1. The van der Waals surface area contributed by atoms with Gasteiger partial charge in [0.2, 0.25) is 5.91 Å². The lowest BCUT2D eigenvalue weighted by molar-refractivity contribution is -0.142. The minimum atomic E-state index is -0.249. The van der Waals surface area contributed by atoms with Crippen LogP contribution in [0.3, 0.4) is 0 Å². The number of nitrogens with zero attached hydrogens (tertiary/aromatic N) is 1. The van der Waals surface area contributed by atoms with E-state index < -0.39 is 0 Å². The molecule has 1 aromatic carbocycles. The molecule has 0 bridgehead atoms. The summed E-state index contributed by atoms with van der Waals surface area (Å²) in [6.45, 7) is 7.13. The van der Waals surface area contributed by atoms with Gasteiger partial charge in [0.25, 0.3) is 0 Å². The molecule has 1 aliphatic rings. The number of likely N-dealkylation sites (N-methyl/N-ethyl adjacent to an activating group) is 1. The Bertz CT molecular complexity index is 453. The third kappa shape index (κ3) is 3.56. The summed E-state index contributed by atoms with van der Waals surface area (Å²) < 4.78 is 5.67. The number of benzene rings is 1. The number of carbonyl (C=O) groups excluding carboxylic acids is 1. The van der Waals surface area contributed by atoms with E-state index in [0.29, 0.717) is 19.1 Å². The van der Waals surface area contributed by atoms with Crippen LogP contribution < -0.4 is 10.1 Å². The molecule has 4 nitrogen and oxygen atoms in total. The van der Waals surface area contributed by atoms with E-state index in [-0.39, 0.29) is 11.3 Å². The second kappa shape index (κ2) is 6.94. The summed E-state index contributed by atoms with van der Waals surface area (Å²) in [6.07, 6.45) is 0.924. The molecule has 0 radical (unpaired) electrons. The summed E-state index contributed by atoms with van der Waals surface area (Å²) in [6, 6.07) is 9.71. The van der Waals surface area contributed by atoms with Crippen LogP contribution in [-0.4, -0.2) is 44.1 Å². The number of amides is 1. The molecule has 116 valence electrons. The lowest BCUT2D eigenvalue weighted by atomic mass is 9.75. The van der Waals surface area contributed by atoms with Crippen molar-refractivity contribution in [1.82, 2.24) is 10.2 Å². The van der Waals surface area contributed by atoms with Gasteiger partial charge < -0.3 is 15.0 Å². The topological polar surface area (TPSA) is 41.6 Å². The smallest absolute Gasteiger partial charge is 0.230 e. The zero-order valence-electron chi connectivity index (χ0n) is 13.3. The van der Waals surface area contributed by atoms with Gasteiger partial charge in [-0.1, -0.05) is 32.0 Å². The first-order valence-corrected chi connectivity index (χ1v) is 7.70. The van der Waals surface area contributed by atoms with Crippen LogP contribution in [0.4, 0.5) is 0 Å². The van der Waals surface area contributed by atoms with Gasteiger partial charge >= 0.3 is 0 Å². The van der Waals surface area contributed by atoms with Crippen molar-refractivity contribution in [2.24, 2.45) is 11.3 Å². The summed E-state index contributed by atoms with van der Waals surface area (Å²) in [4.78, 5) is 14.6. The van der Waals surface area contributed by atoms with Gasteiger partial charge in [-0.3, -0.25) is 4.79 Å². The van der Waals surface area contributed by atoms with Crippen molar-refractivity contribution in [2.75, 3.05) is 33.3 Å². The van der Waals surface area contributed by atoms with Gasteiger partial charge in [0, 0.05) is 13.6 Å². The lowest BCUT2D eigenvalue weighted by Crippen LogP contribution is -2.47. The number of rotatable bonds is 6. The molecule has 0 aromatic heterocycles. The Morgan fingerprint density at radius 1 is 1.38 bits per heavy atom. The number of hydrogen-bond acceptors (Lipinski definition) is 3. The molecule has 1 saturated heterocycles. The third-order valence-corrected chi connectivity index (χ3v) is 4.50. The summed E-state index contributed by atoms with van der Waals surface area (Å²) in [5.41, 5.74) is -0.249. The highest BCUT2D eigenvalue weighted by molar-refractivity contribution is 5.83. The molecular weight excluding hydrogens is 264 g/mol. The predicted octanol–water partition coefficient (Wildman–Crippen LogP) is 2.16. The average Bonchev–Trinajstić information content (AvgIpc) is 2.98. The predicted molar refractivity (Wildman–Crippen MR) is 84.3 cm³/mol. The Morgan fingerprint density at radius 3 is 2.67 bits per heavy atom. The fourth-order valence-electron chi connectivity index (χ4n) is 2.93. The monoisotopic (exact) mass is 290 g/mol. The van der Waals surface area contributed by atoms with Gasteiger partial charge in [0.15, 0.2) is 0 Å². The highest BCUT2D eigenvalue weighted by Crippen LogP contribution is 2.35. The van der Waals surface area contributed by atoms with Crippen molar-refractivity contribution in [3.05, 3.63) is 30.3 Å². The summed E-state index contributed by atoms with van der Waals surface area (Å²) in [5, 5.41) is 3.33. The van der Waals surface area contributed by atoms with Gasteiger partial charge in [0.1, 0.15) is 12.4 Å². The molecule has 4 heteroatoms. The van der Waals surface area contributed by atoms with Gasteiger partial charge in [-0.05, 0) is 31.0 Å². The van der Waals surface area contributed by atoms with E-state index in [1.807, 2.05) is 42.3 Å². The normalized spacial score (nSPS) is 21.5. The van der Waals surface area contributed by atoms with Gasteiger partial charge in [-0.15, -0.1) is 0 Å². The van der Waals surface area contributed by atoms with Crippen LogP contribution >= 0.6 is 0 Å². The van der Waals surface area contributed by atoms with Crippen LogP contribution in [-0.2, 0) is 4.79 Å². The molecule has 1 amide bonds. The van der Waals surface area contributed by atoms with Crippen molar-refractivity contribution in [3.63, 3.8) is 0 Å².